The number of carbonyl (C=O) groups is 2. The van der Waals surface area contributed by atoms with Gasteiger partial charge in [-0.05, 0) is 19.3 Å². The number of ether oxygens (including phenoxy) is 2. The normalized spacial score (nSPS) is 42.4. The fraction of sp³-hybridized carbons (Fsp3) is 0.800. The van der Waals surface area contributed by atoms with Gasteiger partial charge in [0.2, 0.25) is 0 Å². The molecule has 4 nitrogen and oxygen atoms in total. The lowest BCUT2D eigenvalue weighted by Gasteiger charge is -2.22. The third-order valence-electron chi connectivity index (χ3n) is 3.10. The van der Waals surface area contributed by atoms with Gasteiger partial charge in [0, 0.05) is 0 Å². The first-order valence-electron chi connectivity index (χ1n) is 4.91. The molecule has 1 saturated heterocycles. The molecule has 3 atom stereocenters. The summed E-state index contributed by atoms with van der Waals surface area (Å²) in [7, 11) is 0. The average Bonchev–Trinajstić information content (AvgIpc) is 2.72. The van der Waals surface area contributed by atoms with Crippen LogP contribution in [0, 0.1) is 11.3 Å². The van der Waals surface area contributed by atoms with E-state index >= 15 is 0 Å². The molecule has 0 aromatic carbocycles. The van der Waals surface area contributed by atoms with Crippen LogP contribution in [-0.4, -0.2) is 24.6 Å². The molecular formula is C10H14O4. The third kappa shape index (κ3) is 1.38. The van der Waals surface area contributed by atoms with Crippen LogP contribution in [0.1, 0.15) is 26.7 Å². The van der Waals surface area contributed by atoms with Crippen molar-refractivity contribution in [3.05, 3.63) is 0 Å². The van der Waals surface area contributed by atoms with Crippen LogP contribution in [0.25, 0.3) is 0 Å². The van der Waals surface area contributed by atoms with Crippen LogP contribution in [0.5, 0.6) is 0 Å². The Hall–Kier alpha value is -1.06. The van der Waals surface area contributed by atoms with Crippen LogP contribution in [-0.2, 0) is 19.1 Å². The zero-order valence-corrected chi connectivity index (χ0v) is 8.41. The van der Waals surface area contributed by atoms with E-state index in [0.717, 1.165) is 6.42 Å². The minimum absolute atomic E-state index is 0.178. The summed E-state index contributed by atoms with van der Waals surface area (Å²) in [6, 6.07) is 0. The number of hydrogen-bond acceptors (Lipinski definition) is 4. The summed E-state index contributed by atoms with van der Waals surface area (Å²) in [6.07, 6.45) is 0.602. The van der Waals surface area contributed by atoms with Crippen LogP contribution in [0.3, 0.4) is 0 Å². The second kappa shape index (κ2) is 2.97. The Morgan fingerprint density at radius 2 is 2.00 bits per heavy atom. The van der Waals surface area contributed by atoms with Crippen LogP contribution >= 0.6 is 0 Å². The highest BCUT2D eigenvalue weighted by Crippen LogP contribution is 2.56. The van der Waals surface area contributed by atoms with E-state index in [1.54, 1.807) is 6.92 Å². The predicted octanol–water partition coefficient (Wildman–Crippen LogP) is 0.891. The molecule has 0 N–H and O–H groups in total. The molecule has 14 heavy (non-hydrogen) atoms. The fourth-order valence-corrected chi connectivity index (χ4v) is 1.98. The van der Waals surface area contributed by atoms with Gasteiger partial charge in [-0.1, -0.05) is 6.92 Å². The summed E-state index contributed by atoms with van der Waals surface area (Å²) in [6.45, 7) is 3.86. The minimum atomic E-state index is -0.558. The Morgan fingerprint density at radius 3 is 2.57 bits per heavy atom. The summed E-state index contributed by atoms with van der Waals surface area (Å²) in [5.41, 5.74) is -0.558. The second-order valence-corrected chi connectivity index (χ2v) is 4.34. The van der Waals surface area contributed by atoms with Crippen LogP contribution in [0.15, 0.2) is 0 Å². The van der Waals surface area contributed by atoms with Crippen molar-refractivity contribution < 1.29 is 19.1 Å². The Bertz CT molecular complexity index is 286. The van der Waals surface area contributed by atoms with Gasteiger partial charge in [-0.2, -0.15) is 0 Å². The number of cyclic esters (lactones) is 2. The molecule has 0 aromatic heterocycles. The Morgan fingerprint density at radius 1 is 1.36 bits per heavy atom. The molecule has 1 aliphatic heterocycles. The van der Waals surface area contributed by atoms with Crippen molar-refractivity contribution in [2.24, 2.45) is 11.3 Å². The highest BCUT2D eigenvalue weighted by Gasteiger charge is 2.60. The third-order valence-corrected chi connectivity index (χ3v) is 3.10. The first-order chi connectivity index (χ1) is 6.54. The highest BCUT2D eigenvalue weighted by molar-refractivity contribution is 5.87. The molecule has 2 aliphatic rings. The lowest BCUT2D eigenvalue weighted by Crippen LogP contribution is -2.33. The summed E-state index contributed by atoms with van der Waals surface area (Å²) >= 11 is 0. The Balaban J connectivity index is 2.13. The van der Waals surface area contributed by atoms with Crippen LogP contribution in [0.2, 0.25) is 0 Å². The van der Waals surface area contributed by atoms with Crippen molar-refractivity contribution in [3.63, 3.8) is 0 Å². The van der Waals surface area contributed by atoms with Crippen molar-refractivity contribution >= 4 is 11.9 Å². The summed E-state index contributed by atoms with van der Waals surface area (Å²) in [5, 5.41) is 0. The quantitative estimate of drug-likeness (QED) is 0.542. The summed E-state index contributed by atoms with van der Waals surface area (Å²) in [5.74, 6) is -0.261. The van der Waals surface area contributed by atoms with Gasteiger partial charge in [0.1, 0.15) is 12.7 Å². The second-order valence-electron chi connectivity index (χ2n) is 4.34. The molecule has 1 aliphatic carbocycles. The van der Waals surface area contributed by atoms with Crippen molar-refractivity contribution in [3.8, 4) is 0 Å². The molecular weight excluding hydrogens is 184 g/mol. The summed E-state index contributed by atoms with van der Waals surface area (Å²) < 4.78 is 10.1. The topological polar surface area (TPSA) is 52.6 Å². The van der Waals surface area contributed by atoms with E-state index in [1.165, 1.54) is 0 Å². The van der Waals surface area contributed by atoms with E-state index in [2.05, 4.69) is 0 Å². The first-order valence-corrected chi connectivity index (χ1v) is 4.91. The maximum Gasteiger partial charge on any atom is 0.313 e. The van der Waals surface area contributed by atoms with Gasteiger partial charge in [0.05, 0.1) is 11.8 Å². The monoisotopic (exact) mass is 198 g/mol. The standard InChI is InChI=1S/C10H14O4/c1-6-3-10(6)4-8(11)14-7(2)5-13-9(10)12/h6-7H,3-5H2,1-2H3. The zero-order chi connectivity index (χ0) is 10.3. The molecule has 78 valence electrons. The molecule has 0 aromatic rings. The molecule has 0 amide bonds. The highest BCUT2D eigenvalue weighted by atomic mass is 16.6. The number of carbonyl (C=O) groups excluding carboxylic acids is 2. The Kier molecular flexibility index (Phi) is 2.01. The van der Waals surface area contributed by atoms with E-state index in [9.17, 15) is 9.59 Å². The van der Waals surface area contributed by atoms with Gasteiger partial charge in [0.15, 0.2) is 0 Å². The predicted molar refractivity (Wildman–Crippen MR) is 47.3 cm³/mol. The van der Waals surface area contributed by atoms with Gasteiger partial charge in [-0.15, -0.1) is 0 Å². The van der Waals surface area contributed by atoms with Crippen LogP contribution < -0.4 is 0 Å². The molecule has 0 bridgehead atoms. The number of rotatable bonds is 0. The SMILES string of the molecule is CC1COC(=O)C2(CC(=O)O1)CC2C. The largest absolute Gasteiger partial charge is 0.461 e. The summed E-state index contributed by atoms with van der Waals surface area (Å²) in [4.78, 5) is 23.0. The maximum atomic E-state index is 11.6. The lowest BCUT2D eigenvalue weighted by atomic mass is 9.99. The molecule has 1 saturated carbocycles. The van der Waals surface area contributed by atoms with Crippen molar-refractivity contribution in [2.75, 3.05) is 6.61 Å². The molecule has 0 radical (unpaired) electrons. The first kappa shape index (κ1) is 9.49. The zero-order valence-electron chi connectivity index (χ0n) is 8.41. The molecule has 1 spiro atoms. The smallest absolute Gasteiger partial charge is 0.313 e. The van der Waals surface area contributed by atoms with E-state index in [1.807, 2.05) is 6.92 Å². The molecule has 2 fully saturated rings. The Labute approximate surface area is 82.6 Å². The molecule has 4 heteroatoms. The average molecular weight is 198 g/mol. The van der Waals surface area contributed by atoms with Gasteiger partial charge in [-0.3, -0.25) is 9.59 Å². The molecule has 2 rings (SSSR count). The van der Waals surface area contributed by atoms with Crippen molar-refractivity contribution in [1.29, 1.82) is 0 Å². The van der Waals surface area contributed by atoms with Crippen LogP contribution in [0.4, 0.5) is 0 Å². The van der Waals surface area contributed by atoms with Crippen molar-refractivity contribution in [2.45, 2.75) is 32.8 Å². The minimum Gasteiger partial charge on any atom is -0.461 e. The fourth-order valence-electron chi connectivity index (χ4n) is 1.98. The van der Waals surface area contributed by atoms with Gasteiger partial charge < -0.3 is 9.47 Å². The van der Waals surface area contributed by atoms with E-state index in [0.29, 0.717) is 0 Å². The number of esters is 2. The van der Waals surface area contributed by atoms with Gasteiger partial charge >= 0.3 is 11.9 Å². The molecule has 1 heterocycles. The van der Waals surface area contributed by atoms with Gasteiger partial charge in [-0.25, -0.2) is 0 Å². The van der Waals surface area contributed by atoms with Crippen molar-refractivity contribution in [1.82, 2.24) is 0 Å². The lowest BCUT2D eigenvalue weighted by molar-refractivity contribution is -0.171. The number of hydrogen-bond donors (Lipinski definition) is 0. The molecule has 3 unspecified atom stereocenters. The maximum absolute atomic E-state index is 11.6. The van der Waals surface area contributed by atoms with E-state index in [4.69, 9.17) is 9.47 Å². The van der Waals surface area contributed by atoms with Gasteiger partial charge in [0.25, 0.3) is 0 Å². The van der Waals surface area contributed by atoms with E-state index < -0.39 is 5.41 Å². The van der Waals surface area contributed by atoms with E-state index in [-0.39, 0.29) is 37.0 Å².